The molecule has 1 aromatic rings. The molecule has 1 saturated carbocycles. The minimum absolute atomic E-state index is 0.379. The molecule has 0 aromatic carbocycles. The highest BCUT2D eigenvalue weighted by atomic mass is 35.5. The number of hydrogen-bond acceptors (Lipinski definition) is 3. The summed E-state index contributed by atoms with van der Waals surface area (Å²) in [6.45, 7) is 4.29. The summed E-state index contributed by atoms with van der Waals surface area (Å²) in [6.07, 6.45) is 7.20. The summed E-state index contributed by atoms with van der Waals surface area (Å²) in [6, 6.07) is 0.487. The Labute approximate surface area is 112 Å². The lowest BCUT2D eigenvalue weighted by Gasteiger charge is -2.30. The van der Waals surface area contributed by atoms with Gasteiger partial charge in [0.1, 0.15) is 5.82 Å². The van der Waals surface area contributed by atoms with Crippen LogP contribution in [0.5, 0.6) is 0 Å². The second-order valence-electron chi connectivity index (χ2n) is 5.03. The largest absolute Gasteiger partial charge is 0.298 e. The van der Waals surface area contributed by atoms with Crippen molar-refractivity contribution in [1.29, 1.82) is 0 Å². The fourth-order valence-electron chi connectivity index (χ4n) is 2.58. The van der Waals surface area contributed by atoms with Crippen molar-refractivity contribution in [3.05, 3.63) is 11.1 Å². The van der Waals surface area contributed by atoms with Crippen molar-refractivity contribution in [2.75, 3.05) is 6.26 Å². The van der Waals surface area contributed by atoms with Crippen molar-refractivity contribution >= 4 is 23.4 Å². The van der Waals surface area contributed by atoms with Crippen LogP contribution in [0.2, 0.25) is 5.28 Å². The lowest BCUT2D eigenvalue weighted by molar-refractivity contribution is 0.350. The minimum Gasteiger partial charge on any atom is -0.298 e. The molecule has 2 atom stereocenters. The third kappa shape index (κ3) is 2.79. The number of hydrogen-bond donors (Lipinski definition) is 0. The summed E-state index contributed by atoms with van der Waals surface area (Å²) in [7, 11) is 0. The van der Waals surface area contributed by atoms with Crippen LogP contribution in [0.4, 0.5) is 0 Å². The maximum absolute atomic E-state index is 6.20. The number of halogens is 1. The molecule has 17 heavy (non-hydrogen) atoms. The van der Waals surface area contributed by atoms with Crippen LogP contribution in [-0.2, 0) is 0 Å². The highest BCUT2D eigenvalue weighted by molar-refractivity contribution is 7.99. The summed E-state index contributed by atoms with van der Waals surface area (Å²) in [5.74, 6) is 1.41. The van der Waals surface area contributed by atoms with Gasteiger partial charge in [0.25, 0.3) is 0 Å². The molecule has 96 valence electrons. The van der Waals surface area contributed by atoms with E-state index in [0.717, 1.165) is 11.1 Å². The molecule has 0 spiro atoms. The van der Waals surface area contributed by atoms with E-state index in [0.29, 0.717) is 17.2 Å². The van der Waals surface area contributed by atoms with Crippen LogP contribution in [0.3, 0.4) is 0 Å². The first-order chi connectivity index (χ1) is 8.13. The molecule has 1 heterocycles. The van der Waals surface area contributed by atoms with Crippen molar-refractivity contribution in [3.63, 3.8) is 0 Å². The molecule has 5 heteroatoms. The molecule has 0 bridgehead atoms. The first-order valence-corrected chi connectivity index (χ1v) is 7.93. The van der Waals surface area contributed by atoms with E-state index in [1.54, 1.807) is 0 Å². The Balaban J connectivity index is 2.23. The first kappa shape index (κ1) is 13.2. The molecule has 0 saturated heterocycles. The predicted octanol–water partition coefficient (Wildman–Crippen LogP) is 3.90. The molecule has 0 amide bonds. The molecule has 0 N–H and O–H groups in total. The lowest BCUT2D eigenvalue weighted by Crippen LogP contribution is -2.22. The molecule has 2 rings (SSSR count). The molecule has 1 fully saturated rings. The van der Waals surface area contributed by atoms with Gasteiger partial charge in [-0.05, 0) is 37.1 Å². The van der Waals surface area contributed by atoms with Crippen molar-refractivity contribution < 1.29 is 0 Å². The first-order valence-electron chi connectivity index (χ1n) is 6.26. The maximum atomic E-state index is 6.20. The fourth-order valence-corrected chi connectivity index (χ4v) is 3.66. The van der Waals surface area contributed by atoms with E-state index in [1.807, 2.05) is 11.8 Å². The van der Waals surface area contributed by atoms with Crippen LogP contribution >= 0.6 is 23.4 Å². The Hall–Kier alpha value is -0.220. The predicted molar refractivity (Wildman–Crippen MR) is 73.9 cm³/mol. The average molecular weight is 274 g/mol. The second-order valence-corrected chi connectivity index (χ2v) is 6.51. The summed E-state index contributed by atoms with van der Waals surface area (Å²) in [4.78, 5) is 0. The van der Waals surface area contributed by atoms with Crippen LogP contribution < -0.4 is 0 Å². The number of aromatic nitrogens is 3. The molecule has 1 aliphatic rings. The standard InChI is InChI=1S/C12H20ClN3S/c1-8(2)11-14-15-12(13)16(11)9-5-4-6-10(7-9)17-3/h8-10H,4-7H2,1-3H3. The Kier molecular flexibility index (Phi) is 4.36. The topological polar surface area (TPSA) is 30.7 Å². The molecule has 0 radical (unpaired) electrons. The molecule has 0 aliphatic heterocycles. The van der Waals surface area contributed by atoms with E-state index in [4.69, 9.17) is 11.6 Å². The van der Waals surface area contributed by atoms with Crippen molar-refractivity contribution in [2.24, 2.45) is 0 Å². The van der Waals surface area contributed by atoms with Crippen LogP contribution in [-0.4, -0.2) is 26.3 Å². The van der Waals surface area contributed by atoms with E-state index in [-0.39, 0.29) is 0 Å². The van der Waals surface area contributed by atoms with E-state index in [1.165, 1.54) is 25.7 Å². The van der Waals surface area contributed by atoms with Crippen molar-refractivity contribution in [2.45, 2.75) is 56.7 Å². The van der Waals surface area contributed by atoms with Crippen LogP contribution in [0, 0.1) is 0 Å². The SMILES string of the molecule is CSC1CCCC(n2c(Cl)nnc2C(C)C)C1. The third-order valence-corrected chi connectivity index (χ3v) is 4.85. The Bertz CT molecular complexity index is 378. The van der Waals surface area contributed by atoms with Gasteiger partial charge in [-0.25, -0.2) is 0 Å². The molecular weight excluding hydrogens is 254 g/mol. The van der Waals surface area contributed by atoms with Gasteiger partial charge in [-0.1, -0.05) is 20.3 Å². The quantitative estimate of drug-likeness (QED) is 0.837. The van der Waals surface area contributed by atoms with Gasteiger partial charge in [-0.15, -0.1) is 10.2 Å². The van der Waals surface area contributed by atoms with Crippen LogP contribution in [0.25, 0.3) is 0 Å². The zero-order chi connectivity index (χ0) is 12.4. The van der Waals surface area contributed by atoms with E-state index in [2.05, 4.69) is 34.9 Å². The fraction of sp³-hybridized carbons (Fsp3) is 0.833. The summed E-state index contributed by atoms with van der Waals surface area (Å²) >= 11 is 8.17. The minimum atomic E-state index is 0.379. The van der Waals surface area contributed by atoms with Crippen molar-refractivity contribution in [3.8, 4) is 0 Å². The molecule has 2 unspecified atom stereocenters. The van der Waals surface area contributed by atoms with Gasteiger partial charge in [-0.2, -0.15) is 11.8 Å². The van der Waals surface area contributed by atoms with Gasteiger partial charge in [0.2, 0.25) is 5.28 Å². The van der Waals surface area contributed by atoms with E-state index >= 15 is 0 Å². The van der Waals surface area contributed by atoms with Gasteiger partial charge < -0.3 is 0 Å². The lowest BCUT2D eigenvalue weighted by atomic mass is 9.94. The smallest absolute Gasteiger partial charge is 0.225 e. The van der Waals surface area contributed by atoms with E-state index in [9.17, 15) is 0 Å². The van der Waals surface area contributed by atoms with Gasteiger partial charge in [0.15, 0.2) is 0 Å². The number of nitrogens with zero attached hydrogens (tertiary/aromatic N) is 3. The normalized spacial score (nSPS) is 25.5. The van der Waals surface area contributed by atoms with Gasteiger partial charge >= 0.3 is 0 Å². The Morgan fingerprint density at radius 1 is 1.35 bits per heavy atom. The zero-order valence-electron chi connectivity index (χ0n) is 10.7. The molecule has 1 aromatic heterocycles. The highest BCUT2D eigenvalue weighted by Crippen LogP contribution is 2.36. The second kappa shape index (κ2) is 5.61. The summed E-state index contributed by atoms with van der Waals surface area (Å²) in [5, 5.41) is 9.56. The maximum Gasteiger partial charge on any atom is 0.225 e. The van der Waals surface area contributed by atoms with Gasteiger partial charge in [0.05, 0.1) is 0 Å². The summed E-state index contributed by atoms with van der Waals surface area (Å²) in [5.41, 5.74) is 0. The number of thioether (sulfide) groups is 1. The number of rotatable bonds is 3. The molecule has 1 aliphatic carbocycles. The van der Waals surface area contributed by atoms with Gasteiger partial charge in [0, 0.05) is 17.2 Å². The van der Waals surface area contributed by atoms with E-state index < -0.39 is 0 Å². The van der Waals surface area contributed by atoms with Gasteiger partial charge in [-0.3, -0.25) is 4.57 Å². The third-order valence-electron chi connectivity index (χ3n) is 3.49. The molecule has 3 nitrogen and oxygen atoms in total. The Morgan fingerprint density at radius 2 is 2.12 bits per heavy atom. The molecular formula is C12H20ClN3S. The highest BCUT2D eigenvalue weighted by Gasteiger charge is 2.27. The Morgan fingerprint density at radius 3 is 2.76 bits per heavy atom. The monoisotopic (exact) mass is 273 g/mol. The summed E-state index contributed by atoms with van der Waals surface area (Å²) < 4.78 is 2.16. The zero-order valence-corrected chi connectivity index (χ0v) is 12.3. The van der Waals surface area contributed by atoms with Crippen LogP contribution in [0.1, 0.15) is 57.3 Å². The average Bonchev–Trinajstić information content (AvgIpc) is 2.71. The van der Waals surface area contributed by atoms with Crippen LogP contribution in [0.15, 0.2) is 0 Å². The van der Waals surface area contributed by atoms with Crippen molar-refractivity contribution in [1.82, 2.24) is 14.8 Å².